The molecule has 0 radical (unpaired) electrons. The smallest absolute Gasteiger partial charge is 0.312 e. The number of halogens is 1. The van der Waals surface area contributed by atoms with Gasteiger partial charge in [0.05, 0.1) is 10.7 Å². The molecule has 8 heteroatoms. The molecule has 128 valence electrons. The van der Waals surface area contributed by atoms with Crippen molar-refractivity contribution < 1.29 is 27.5 Å². The Morgan fingerprint density at radius 1 is 1.22 bits per heavy atom. The number of nitrogens with one attached hydrogen (secondary N) is 1. The van der Waals surface area contributed by atoms with Crippen molar-refractivity contribution in [1.29, 1.82) is 0 Å². The molecule has 1 amide bonds. The average molecular weight is 345 g/mol. The van der Waals surface area contributed by atoms with Crippen LogP contribution in [0.25, 0.3) is 0 Å². The van der Waals surface area contributed by atoms with Crippen LogP contribution in [0.15, 0.2) is 24.3 Å². The van der Waals surface area contributed by atoms with Crippen LogP contribution in [0, 0.1) is 5.82 Å². The van der Waals surface area contributed by atoms with E-state index in [1.54, 1.807) is 0 Å². The third kappa shape index (κ3) is 5.31. The molecular weight excluding hydrogens is 325 g/mol. The van der Waals surface area contributed by atoms with Crippen LogP contribution in [-0.2, 0) is 19.4 Å². The number of carbonyl (C=O) groups excluding carboxylic acids is 1. The van der Waals surface area contributed by atoms with Gasteiger partial charge < -0.3 is 10.4 Å². The van der Waals surface area contributed by atoms with Gasteiger partial charge in [0.2, 0.25) is 5.91 Å². The maximum Gasteiger partial charge on any atom is 0.312 e. The summed E-state index contributed by atoms with van der Waals surface area (Å²) in [6.45, 7) is 4.16. The van der Waals surface area contributed by atoms with Gasteiger partial charge in [-0.1, -0.05) is 12.1 Å². The molecule has 0 aromatic heterocycles. The van der Waals surface area contributed by atoms with Gasteiger partial charge in [0.25, 0.3) is 0 Å². The zero-order valence-corrected chi connectivity index (χ0v) is 14.0. The molecule has 23 heavy (non-hydrogen) atoms. The summed E-state index contributed by atoms with van der Waals surface area (Å²) in [5, 5.41) is 11.5. The van der Waals surface area contributed by atoms with E-state index in [1.807, 2.05) is 0 Å². The van der Waals surface area contributed by atoms with Gasteiger partial charge in [-0.3, -0.25) is 9.59 Å². The van der Waals surface area contributed by atoms with E-state index in [0.717, 1.165) is 12.1 Å². The monoisotopic (exact) mass is 345 g/mol. The fourth-order valence-corrected chi connectivity index (χ4v) is 2.58. The number of benzene rings is 1. The van der Waals surface area contributed by atoms with E-state index in [-0.39, 0.29) is 6.54 Å². The largest absolute Gasteiger partial charge is 0.481 e. The average Bonchev–Trinajstić information content (AvgIpc) is 2.38. The number of carbonyl (C=O) groups is 2. The van der Waals surface area contributed by atoms with Crippen molar-refractivity contribution in [2.45, 2.75) is 31.4 Å². The van der Waals surface area contributed by atoms with Crippen LogP contribution in [0.2, 0.25) is 0 Å². The van der Waals surface area contributed by atoms with Gasteiger partial charge in [-0.05, 0) is 38.5 Å². The predicted molar refractivity (Wildman–Crippen MR) is 83.3 cm³/mol. The summed E-state index contributed by atoms with van der Waals surface area (Å²) in [5.41, 5.74) is 0.317. The lowest BCUT2D eigenvalue weighted by Crippen LogP contribution is -2.40. The maximum absolute atomic E-state index is 12.9. The molecule has 0 aliphatic heterocycles. The van der Waals surface area contributed by atoms with Crippen molar-refractivity contribution in [2.75, 3.05) is 12.3 Å². The van der Waals surface area contributed by atoms with Gasteiger partial charge in [0.15, 0.2) is 9.84 Å². The molecule has 0 fully saturated rings. The topological polar surface area (TPSA) is 101 Å². The molecule has 1 atom stereocenters. The van der Waals surface area contributed by atoms with Crippen LogP contribution < -0.4 is 5.32 Å². The van der Waals surface area contributed by atoms with Gasteiger partial charge in [-0.15, -0.1) is 0 Å². The minimum Gasteiger partial charge on any atom is -0.481 e. The molecule has 1 unspecified atom stereocenters. The van der Waals surface area contributed by atoms with Crippen molar-refractivity contribution in [1.82, 2.24) is 5.32 Å². The van der Waals surface area contributed by atoms with Gasteiger partial charge in [-0.2, -0.15) is 0 Å². The van der Waals surface area contributed by atoms with Crippen molar-refractivity contribution in [3.05, 3.63) is 35.6 Å². The van der Waals surface area contributed by atoms with Crippen LogP contribution in [0.1, 0.15) is 32.3 Å². The Labute approximate surface area is 134 Å². The van der Waals surface area contributed by atoms with Gasteiger partial charge >= 0.3 is 5.97 Å². The number of hydrogen-bond donors (Lipinski definition) is 2. The molecular formula is C15H20FNO5S. The van der Waals surface area contributed by atoms with Crippen molar-refractivity contribution >= 4 is 21.7 Å². The van der Waals surface area contributed by atoms with Gasteiger partial charge in [0.1, 0.15) is 11.6 Å². The molecule has 0 saturated carbocycles. The highest BCUT2D eigenvalue weighted by atomic mass is 32.2. The first-order valence-electron chi connectivity index (χ1n) is 6.91. The SMILES string of the molecule is CC(C)(C)S(=O)(=O)CC(=O)NCC(C(=O)O)c1ccc(F)cc1. The van der Waals surface area contributed by atoms with E-state index in [9.17, 15) is 27.5 Å². The number of aliphatic carboxylic acids is 1. The third-order valence-corrected chi connectivity index (χ3v) is 5.84. The predicted octanol–water partition coefficient (Wildman–Crippen LogP) is 1.32. The molecule has 0 spiro atoms. The van der Waals surface area contributed by atoms with E-state index < -0.39 is 43.9 Å². The Hall–Kier alpha value is -1.96. The number of hydrogen-bond acceptors (Lipinski definition) is 4. The molecule has 0 saturated heterocycles. The van der Waals surface area contributed by atoms with Gasteiger partial charge in [-0.25, -0.2) is 12.8 Å². The molecule has 1 aromatic rings. The second kappa shape index (κ2) is 7.08. The summed E-state index contributed by atoms with van der Waals surface area (Å²) in [7, 11) is -3.64. The molecule has 1 rings (SSSR count). The second-order valence-corrected chi connectivity index (χ2v) is 8.86. The first kappa shape index (κ1) is 19.1. The number of rotatable bonds is 6. The van der Waals surface area contributed by atoms with Crippen LogP contribution in [-0.4, -0.2) is 42.4 Å². The Balaban J connectivity index is 2.75. The third-order valence-electron chi connectivity index (χ3n) is 3.33. The highest BCUT2D eigenvalue weighted by Gasteiger charge is 2.31. The summed E-state index contributed by atoms with van der Waals surface area (Å²) in [4.78, 5) is 23.1. The van der Waals surface area contributed by atoms with E-state index in [0.29, 0.717) is 5.56 Å². The van der Waals surface area contributed by atoms with Crippen molar-refractivity contribution in [3.63, 3.8) is 0 Å². The number of carboxylic acids is 1. The minimum absolute atomic E-state index is 0.278. The van der Waals surface area contributed by atoms with E-state index >= 15 is 0 Å². The van der Waals surface area contributed by atoms with E-state index in [1.165, 1.54) is 32.9 Å². The standard InChI is InChI=1S/C15H20FNO5S/c1-15(2,3)23(21,22)9-13(18)17-8-12(14(19)20)10-4-6-11(16)7-5-10/h4-7,12H,8-9H2,1-3H3,(H,17,18)(H,19,20). The minimum atomic E-state index is -3.64. The maximum atomic E-state index is 12.9. The first-order valence-corrected chi connectivity index (χ1v) is 8.56. The molecule has 0 heterocycles. The van der Waals surface area contributed by atoms with Crippen LogP contribution in [0.3, 0.4) is 0 Å². The fourth-order valence-electron chi connectivity index (χ4n) is 1.70. The lowest BCUT2D eigenvalue weighted by Gasteiger charge is -2.19. The summed E-state index contributed by atoms with van der Waals surface area (Å²) in [6, 6.07) is 4.87. The zero-order chi connectivity index (χ0) is 17.8. The fraction of sp³-hybridized carbons (Fsp3) is 0.467. The quantitative estimate of drug-likeness (QED) is 0.810. The molecule has 1 aromatic carbocycles. The van der Waals surface area contributed by atoms with Crippen molar-refractivity contribution in [2.24, 2.45) is 0 Å². The lowest BCUT2D eigenvalue weighted by atomic mass is 9.99. The Morgan fingerprint density at radius 2 is 1.74 bits per heavy atom. The molecule has 0 aliphatic carbocycles. The molecule has 0 aliphatic rings. The Morgan fingerprint density at radius 3 is 2.17 bits per heavy atom. The Bertz CT molecular complexity index is 677. The Kier molecular flexibility index (Phi) is 5.87. The molecule has 2 N–H and O–H groups in total. The summed E-state index contributed by atoms with van der Waals surface area (Å²) in [5.74, 6) is -4.27. The van der Waals surface area contributed by atoms with Crippen molar-refractivity contribution in [3.8, 4) is 0 Å². The summed E-state index contributed by atoms with van der Waals surface area (Å²) >= 11 is 0. The van der Waals surface area contributed by atoms with Crippen LogP contribution in [0.5, 0.6) is 0 Å². The highest BCUT2D eigenvalue weighted by molar-refractivity contribution is 7.93. The zero-order valence-electron chi connectivity index (χ0n) is 13.2. The van der Waals surface area contributed by atoms with Crippen LogP contribution >= 0.6 is 0 Å². The number of carboxylic acid groups (broad SMARTS) is 1. The molecule has 6 nitrogen and oxygen atoms in total. The van der Waals surface area contributed by atoms with Crippen LogP contribution in [0.4, 0.5) is 4.39 Å². The summed E-state index contributed by atoms with van der Waals surface area (Å²) < 4.78 is 35.7. The first-order chi connectivity index (χ1) is 10.4. The second-order valence-electron chi connectivity index (χ2n) is 6.12. The van der Waals surface area contributed by atoms with Gasteiger partial charge in [0, 0.05) is 6.54 Å². The normalized spacial score (nSPS) is 13.4. The van der Waals surface area contributed by atoms with E-state index in [4.69, 9.17) is 0 Å². The molecule has 0 bridgehead atoms. The lowest BCUT2D eigenvalue weighted by molar-refractivity contribution is -0.138. The summed E-state index contributed by atoms with van der Waals surface area (Å²) in [6.07, 6.45) is 0. The number of amides is 1. The van der Waals surface area contributed by atoms with E-state index in [2.05, 4.69) is 5.32 Å². The highest BCUT2D eigenvalue weighted by Crippen LogP contribution is 2.17. The number of sulfone groups is 1.